The van der Waals surface area contributed by atoms with E-state index in [2.05, 4.69) is 20.6 Å². The van der Waals surface area contributed by atoms with Crippen LogP contribution in [0.2, 0.25) is 0 Å². The van der Waals surface area contributed by atoms with Gasteiger partial charge in [0.25, 0.3) is 0 Å². The van der Waals surface area contributed by atoms with E-state index in [4.69, 9.17) is 9.84 Å². The Kier molecular flexibility index (Phi) is 5.74. The summed E-state index contributed by atoms with van der Waals surface area (Å²) < 4.78 is 5.65. The first-order valence-corrected chi connectivity index (χ1v) is 8.89. The van der Waals surface area contributed by atoms with E-state index in [1.165, 1.54) is 0 Å². The van der Waals surface area contributed by atoms with Gasteiger partial charge in [0.2, 0.25) is 0 Å². The summed E-state index contributed by atoms with van der Waals surface area (Å²) in [5, 5.41) is 15.5. The Labute approximate surface area is 163 Å². The third-order valence-electron chi connectivity index (χ3n) is 3.72. The molecule has 3 N–H and O–H groups in total. The smallest absolute Gasteiger partial charge is 0.335 e. The predicted molar refractivity (Wildman–Crippen MR) is 109 cm³/mol. The van der Waals surface area contributed by atoms with Crippen LogP contribution >= 0.6 is 0 Å². The maximum Gasteiger partial charge on any atom is 0.335 e. The zero-order valence-electron chi connectivity index (χ0n) is 15.9. The molecule has 7 nitrogen and oxygen atoms in total. The van der Waals surface area contributed by atoms with Gasteiger partial charge in [-0.15, -0.1) is 0 Å². The Balaban J connectivity index is 1.76. The van der Waals surface area contributed by atoms with Crippen LogP contribution < -0.4 is 15.4 Å². The molecule has 0 aliphatic carbocycles. The van der Waals surface area contributed by atoms with Crippen LogP contribution in [0.15, 0.2) is 54.6 Å². The normalized spacial score (nSPS) is 10.6. The van der Waals surface area contributed by atoms with Gasteiger partial charge < -0.3 is 20.5 Å². The Bertz CT molecular complexity index is 972. The van der Waals surface area contributed by atoms with Gasteiger partial charge in [0.15, 0.2) is 0 Å². The second-order valence-corrected chi connectivity index (χ2v) is 6.51. The lowest BCUT2D eigenvalue weighted by atomic mass is 10.2. The Morgan fingerprint density at radius 1 is 0.964 bits per heavy atom. The standard InChI is InChI=1S/C21H22N4O3/c1-13(2)28-18-9-7-16(8-10-18)24-19-12-20(23-14(3)22-19)25-17-6-4-5-15(11-17)21(26)27/h4-13H,1-3H3,(H,26,27)(H2,22,23,24,25). The van der Waals surface area contributed by atoms with Gasteiger partial charge in [-0.1, -0.05) is 6.07 Å². The van der Waals surface area contributed by atoms with Crippen molar-refractivity contribution in [2.24, 2.45) is 0 Å². The molecular formula is C21H22N4O3. The molecule has 1 heterocycles. The molecule has 0 amide bonds. The van der Waals surface area contributed by atoms with Gasteiger partial charge in [0, 0.05) is 17.4 Å². The van der Waals surface area contributed by atoms with E-state index in [9.17, 15) is 4.79 Å². The van der Waals surface area contributed by atoms with E-state index in [0.717, 1.165) is 11.4 Å². The van der Waals surface area contributed by atoms with Crippen molar-refractivity contribution in [3.63, 3.8) is 0 Å². The molecule has 0 atom stereocenters. The largest absolute Gasteiger partial charge is 0.491 e. The highest BCUT2D eigenvalue weighted by Gasteiger charge is 2.07. The molecule has 0 aliphatic heterocycles. The maximum absolute atomic E-state index is 11.1. The fraction of sp³-hybridized carbons (Fsp3) is 0.190. The third kappa shape index (κ3) is 5.20. The summed E-state index contributed by atoms with van der Waals surface area (Å²) in [6.07, 6.45) is 0.122. The van der Waals surface area contributed by atoms with Crippen LogP contribution in [0.5, 0.6) is 5.75 Å². The average molecular weight is 378 g/mol. The van der Waals surface area contributed by atoms with Gasteiger partial charge in [0.05, 0.1) is 11.7 Å². The average Bonchev–Trinajstić information content (AvgIpc) is 2.62. The number of nitrogens with one attached hydrogen (secondary N) is 2. The van der Waals surface area contributed by atoms with Crippen molar-refractivity contribution in [1.29, 1.82) is 0 Å². The van der Waals surface area contributed by atoms with Crippen molar-refractivity contribution >= 4 is 29.0 Å². The number of carbonyl (C=O) groups is 1. The molecule has 0 saturated carbocycles. The number of aromatic nitrogens is 2. The monoisotopic (exact) mass is 378 g/mol. The summed E-state index contributed by atoms with van der Waals surface area (Å²) in [5.41, 5.74) is 1.71. The van der Waals surface area contributed by atoms with E-state index in [-0.39, 0.29) is 11.7 Å². The first-order valence-electron chi connectivity index (χ1n) is 8.89. The summed E-state index contributed by atoms with van der Waals surface area (Å²) in [5.74, 6) is 1.61. The second-order valence-electron chi connectivity index (χ2n) is 6.51. The van der Waals surface area contributed by atoms with Crippen molar-refractivity contribution in [2.75, 3.05) is 10.6 Å². The summed E-state index contributed by atoms with van der Waals surface area (Å²) in [6, 6.07) is 15.9. The predicted octanol–water partition coefficient (Wildman–Crippen LogP) is 4.76. The van der Waals surface area contributed by atoms with Crippen LogP contribution in [0, 0.1) is 6.92 Å². The molecule has 7 heteroatoms. The van der Waals surface area contributed by atoms with Crippen molar-refractivity contribution < 1.29 is 14.6 Å². The lowest BCUT2D eigenvalue weighted by molar-refractivity contribution is 0.0697. The Morgan fingerprint density at radius 2 is 1.61 bits per heavy atom. The van der Waals surface area contributed by atoms with Crippen LogP contribution in [0.25, 0.3) is 0 Å². The zero-order chi connectivity index (χ0) is 20.1. The summed E-state index contributed by atoms with van der Waals surface area (Å²) >= 11 is 0. The molecule has 3 aromatic rings. The molecule has 0 aliphatic rings. The van der Waals surface area contributed by atoms with Crippen LogP contribution in [-0.4, -0.2) is 27.1 Å². The Morgan fingerprint density at radius 3 is 2.21 bits per heavy atom. The van der Waals surface area contributed by atoms with Gasteiger partial charge in [0.1, 0.15) is 23.2 Å². The molecule has 28 heavy (non-hydrogen) atoms. The fourth-order valence-electron chi connectivity index (χ4n) is 2.61. The van der Waals surface area contributed by atoms with E-state index in [1.54, 1.807) is 37.3 Å². The van der Waals surface area contributed by atoms with Gasteiger partial charge in [-0.05, 0) is 63.2 Å². The molecule has 1 aromatic heterocycles. The van der Waals surface area contributed by atoms with Crippen LogP contribution in [0.3, 0.4) is 0 Å². The second kappa shape index (κ2) is 8.39. The first-order chi connectivity index (χ1) is 13.4. The summed E-state index contributed by atoms with van der Waals surface area (Å²) in [6.45, 7) is 5.76. The van der Waals surface area contributed by atoms with Gasteiger partial charge in [-0.3, -0.25) is 0 Å². The van der Waals surface area contributed by atoms with Crippen LogP contribution in [0.1, 0.15) is 30.0 Å². The molecule has 0 fully saturated rings. The lowest BCUT2D eigenvalue weighted by Crippen LogP contribution is -2.05. The minimum Gasteiger partial charge on any atom is -0.491 e. The molecule has 0 radical (unpaired) electrons. The number of carboxylic acids is 1. The number of nitrogens with zero attached hydrogens (tertiary/aromatic N) is 2. The van der Waals surface area contributed by atoms with E-state index < -0.39 is 5.97 Å². The summed E-state index contributed by atoms with van der Waals surface area (Å²) in [7, 11) is 0. The Hall–Kier alpha value is -3.61. The first kappa shape index (κ1) is 19.2. The van der Waals surface area contributed by atoms with E-state index in [0.29, 0.717) is 23.1 Å². The third-order valence-corrected chi connectivity index (χ3v) is 3.72. The molecule has 0 spiro atoms. The molecular weight excluding hydrogens is 356 g/mol. The van der Waals surface area contributed by atoms with Crippen LogP contribution in [0.4, 0.5) is 23.0 Å². The number of hydrogen-bond acceptors (Lipinski definition) is 6. The number of rotatable bonds is 7. The van der Waals surface area contributed by atoms with Gasteiger partial charge in [-0.25, -0.2) is 14.8 Å². The maximum atomic E-state index is 11.1. The van der Waals surface area contributed by atoms with Crippen molar-refractivity contribution in [2.45, 2.75) is 26.9 Å². The van der Waals surface area contributed by atoms with Crippen LogP contribution in [-0.2, 0) is 0 Å². The molecule has 3 rings (SSSR count). The van der Waals surface area contributed by atoms with Crippen molar-refractivity contribution in [3.8, 4) is 5.75 Å². The number of benzene rings is 2. The number of anilines is 4. The molecule has 2 aromatic carbocycles. The fourth-order valence-corrected chi connectivity index (χ4v) is 2.61. The highest BCUT2D eigenvalue weighted by Crippen LogP contribution is 2.23. The minimum absolute atomic E-state index is 0.122. The molecule has 0 bridgehead atoms. The highest BCUT2D eigenvalue weighted by atomic mass is 16.5. The topological polar surface area (TPSA) is 96.4 Å². The zero-order valence-corrected chi connectivity index (χ0v) is 15.9. The number of aromatic carboxylic acids is 1. The molecule has 0 unspecified atom stereocenters. The van der Waals surface area contributed by atoms with E-state index in [1.807, 2.05) is 38.1 Å². The van der Waals surface area contributed by atoms with Crippen molar-refractivity contribution in [3.05, 3.63) is 66.0 Å². The summed E-state index contributed by atoms with van der Waals surface area (Å²) in [4.78, 5) is 19.9. The minimum atomic E-state index is -0.977. The van der Waals surface area contributed by atoms with Crippen molar-refractivity contribution in [1.82, 2.24) is 9.97 Å². The highest BCUT2D eigenvalue weighted by molar-refractivity contribution is 5.89. The quantitative estimate of drug-likeness (QED) is 0.545. The van der Waals surface area contributed by atoms with Gasteiger partial charge >= 0.3 is 5.97 Å². The molecule has 144 valence electrons. The van der Waals surface area contributed by atoms with Gasteiger partial charge in [-0.2, -0.15) is 0 Å². The number of ether oxygens (including phenoxy) is 1. The lowest BCUT2D eigenvalue weighted by Gasteiger charge is -2.12. The number of aryl methyl sites for hydroxylation is 1. The molecule has 0 saturated heterocycles. The number of carboxylic acid groups (broad SMARTS) is 1. The number of hydrogen-bond donors (Lipinski definition) is 3. The van der Waals surface area contributed by atoms with E-state index >= 15 is 0 Å². The SMILES string of the molecule is Cc1nc(Nc2ccc(OC(C)C)cc2)cc(Nc2cccc(C(=O)O)c2)n1.